The summed E-state index contributed by atoms with van der Waals surface area (Å²) in [7, 11) is 2.15. The van der Waals surface area contributed by atoms with Gasteiger partial charge in [0.05, 0.1) is 0 Å². The summed E-state index contributed by atoms with van der Waals surface area (Å²) in [4.78, 5) is 2.32. The molecule has 0 heterocycles. The van der Waals surface area contributed by atoms with E-state index < -0.39 is 0 Å². The molecule has 3 heteroatoms. The molecule has 0 aliphatic rings. The molecule has 0 aromatic heterocycles. The first-order chi connectivity index (χ1) is 8.10. The Bertz CT molecular complexity index is 352. The highest BCUT2D eigenvalue weighted by Gasteiger charge is 2.09. The van der Waals surface area contributed by atoms with Gasteiger partial charge in [-0.1, -0.05) is 35.8 Å². The molecule has 0 saturated heterocycles. The lowest BCUT2D eigenvalue weighted by molar-refractivity contribution is 0.663. The van der Waals surface area contributed by atoms with Crippen LogP contribution in [0.25, 0.3) is 0 Å². The second kappa shape index (κ2) is 7.02. The predicted molar refractivity (Wildman–Crippen MR) is 79.7 cm³/mol. The third kappa shape index (κ3) is 4.00. The summed E-state index contributed by atoms with van der Waals surface area (Å²) in [6.07, 6.45) is 1.16. The monoisotopic (exact) mass is 298 g/mol. The maximum Gasteiger partial charge on any atom is 0.0377 e. The van der Waals surface area contributed by atoms with Gasteiger partial charge in [0.15, 0.2) is 0 Å². The summed E-state index contributed by atoms with van der Waals surface area (Å²) in [6.45, 7) is 8.51. The topological polar surface area (TPSA) is 15.3 Å². The quantitative estimate of drug-likeness (QED) is 0.859. The Labute approximate surface area is 114 Å². The summed E-state index contributed by atoms with van der Waals surface area (Å²) in [5.74, 6) is 0. The zero-order chi connectivity index (χ0) is 12.8. The molecular formula is C14H23BrN2. The molecule has 0 aliphatic carbocycles. The average Bonchev–Trinajstić information content (AvgIpc) is 2.35. The Kier molecular flexibility index (Phi) is 6.00. The third-order valence-corrected chi connectivity index (χ3v) is 4.00. The molecule has 1 rings (SSSR count). The first kappa shape index (κ1) is 14.5. The van der Waals surface area contributed by atoms with Gasteiger partial charge in [-0.25, -0.2) is 0 Å². The van der Waals surface area contributed by atoms with E-state index in [9.17, 15) is 0 Å². The van der Waals surface area contributed by atoms with Crippen LogP contribution in [0, 0.1) is 0 Å². The zero-order valence-electron chi connectivity index (χ0n) is 11.3. The molecule has 0 aliphatic heterocycles. The van der Waals surface area contributed by atoms with E-state index in [1.54, 1.807) is 0 Å². The molecule has 0 amide bonds. The SMILES string of the molecule is CCNCc1ccc(N(C)C(C)CC)cc1Br. The van der Waals surface area contributed by atoms with Crippen LogP contribution in [-0.2, 0) is 6.54 Å². The second-order valence-electron chi connectivity index (χ2n) is 4.42. The minimum absolute atomic E-state index is 0.571. The van der Waals surface area contributed by atoms with E-state index in [1.165, 1.54) is 15.7 Å². The largest absolute Gasteiger partial charge is 0.372 e. The van der Waals surface area contributed by atoms with Gasteiger partial charge in [-0.15, -0.1) is 0 Å². The van der Waals surface area contributed by atoms with Crippen molar-refractivity contribution >= 4 is 21.6 Å². The number of rotatable bonds is 6. The van der Waals surface area contributed by atoms with Crippen LogP contribution in [0.5, 0.6) is 0 Å². The smallest absolute Gasteiger partial charge is 0.0377 e. The van der Waals surface area contributed by atoms with Crippen LogP contribution in [0.3, 0.4) is 0 Å². The van der Waals surface area contributed by atoms with Crippen LogP contribution < -0.4 is 10.2 Å². The Morgan fingerprint density at radius 1 is 1.35 bits per heavy atom. The van der Waals surface area contributed by atoms with Crippen molar-refractivity contribution in [3.05, 3.63) is 28.2 Å². The highest BCUT2D eigenvalue weighted by molar-refractivity contribution is 9.10. The van der Waals surface area contributed by atoms with Gasteiger partial charge in [0.1, 0.15) is 0 Å². The van der Waals surface area contributed by atoms with E-state index in [1.807, 2.05) is 0 Å². The molecule has 1 unspecified atom stereocenters. The van der Waals surface area contributed by atoms with Gasteiger partial charge in [-0.05, 0) is 37.6 Å². The number of hydrogen-bond donors (Lipinski definition) is 1. The van der Waals surface area contributed by atoms with Gasteiger partial charge in [0.25, 0.3) is 0 Å². The van der Waals surface area contributed by atoms with E-state index in [2.05, 4.69) is 72.2 Å². The molecule has 0 saturated carbocycles. The average molecular weight is 299 g/mol. The van der Waals surface area contributed by atoms with Crippen molar-refractivity contribution in [1.82, 2.24) is 5.32 Å². The molecule has 0 radical (unpaired) electrons. The Morgan fingerprint density at radius 2 is 2.06 bits per heavy atom. The molecule has 1 N–H and O–H groups in total. The fourth-order valence-electron chi connectivity index (χ4n) is 1.69. The fraction of sp³-hybridized carbons (Fsp3) is 0.571. The highest BCUT2D eigenvalue weighted by atomic mass is 79.9. The van der Waals surface area contributed by atoms with Gasteiger partial charge in [-0.2, -0.15) is 0 Å². The summed E-state index contributed by atoms with van der Waals surface area (Å²) in [5.41, 5.74) is 2.58. The Morgan fingerprint density at radius 3 is 2.59 bits per heavy atom. The minimum atomic E-state index is 0.571. The van der Waals surface area contributed by atoms with Gasteiger partial charge in [0.2, 0.25) is 0 Å². The predicted octanol–water partition coefficient (Wildman–Crippen LogP) is 3.79. The van der Waals surface area contributed by atoms with Crippen molar-refractivity contribution in [2.45, 2.75) is 39.8 Å². The summed E-state index contributed by atoms with van der Waals surface area (Å²) < 4.78 is 1.19. The van der Waals surface area contributed by atoms with Crippen LogP contribution in [0.2, 0.25) is 0 Å². The molecule has 17 heavy (non-hydrogen) atoms. The molecule has 1 atom stereocenters. The molecular weight excluding hydrogens is 276 g/mol. The molecule has 96 valence electrons. The maximum atomic E-state index is 3.65. The van der Waals surface area contributed by atoms with E-state index in [4.69, 9.17) is 0 Å². The normalized spacial score (nSPS) is 12.5. The number of halogens is 1. The maximum absolute atomic E-state index is 3.65. The van der Waals surface area contributed by atoms with Crippen molar-refractivity contribution in [1.29, 1.82) is 0 Å². The first-order valence-corrected chi connectivity index (χ1v) is 7.11. The van der Waals surface area contributed by atoms with Gasteiger partial charge in [0, 0.05) is 29.8 Å². The standard InChI is InChI=1S/C14H23BrN2/c1-5-11(3)17(4)13-8-7-12(10-16-6-2)14(15)9-13/h7-9,11,16H,5-6,10H2,1-4H3. The van der Waals surface area contributed by atoms with E-state index in [0.717, 1.165) is 19.5 Å². The van der Waals surface area contributed by atoms with Crippen molar-refractivity contribution in [2.24, 2.45) is 0 Å². The third-order valence-electron chi connectivity index (χ3n) is 3.26. The Hall–Kier alpha value is -0.540. The molecule has 1 aromatic rings. The molecule has 0 spiro atoms. The number of nitrogens with zero attached hydrogens (tertiary/aromatic N) is 1. The molecule has 1 aromatic carbocycles. The van der Waals surface area contributed by atoms with Gasteiger partial charge >= 0.3 is 0 Å². The fourth-order valence-corrected chi connectivity index (χ4v) is 2.19. The summed E-state index contributed by atoms with van der Waals surface area (Å²) >= 11 is 3.65. The highest BCUT2D eigenvalue weighted by Crippen LogP contribution is 2.25. The summed E-state index contributed by atoms with van der Waals surface area (Å²) in [5, 5.41) is 3.34. The number of hydrogen-bond acceptors (Lipinski definition) is 2. The van der Waals surface area contributed by atoms with Crippen molar-refractivity contribution in [3.63, 3.8) is 0 Å². The van der Waals surface area contributed by atoms with E-state index in [0.29, 0.717) is 6.04 Å². The minimum Gasteiger partial charge on any atom is -0.372 e. The lowest BCUT2D eigenvalue weighted by Gasteiger charge is -2.26. The van der Waals surface area contributed by atoms with Crippen molar-refractivity contribution in [2.75, 3.05) is 18.5 Å². The van der Waals surface area contributed by atoms with Crippen LogP contribution in [0.4, 0.5) is 5.69 Å². The van der Waals surface area contributed by atoms with Crippen LogP contribution in [-0.4, -0.2) is 19.6 Å². The number of benzene rings is 1. The van der Waals surface area contributed by atoms with E-state index >= 15 is 0 Å². The second-order valence-corrected chi connectivity index (χ2v) is 5.28. The van der Waals surface area contributed by atoms with E-state index in [-0.39, 0.29) is 0 Å². The van der Waals surface area contributed by atoms with Crippen LogP contribution in [0.15, 0.2) is 22.7 Å². The summed E-state index contributed by atoms with van der Waals surface area (Å²) in [6, 6.07) is 7.17. The van der Waals surface area contributed by atoms with Crippen LogP contribution in [0.1, 0.15) is 32.8 Å². The number of nitrogens with one attached hydrogen (secondary N) is 1. The van der Waals surface area contributed by atoms with Gasteiger partial charge in [-0.3, -0.25) is 0 Å². The lowest BCUT2D eigenvalue weighted by Crippen LogP contribution is -2.27. The molecule has 0 bridgehead atoms. The zero-order valence-corrected chi connectivity index (χ0v) is 12.8. The van der Waals surface area contributed by atoms with Gasteiger partial charge < -0.3 is 10.2 Å². The van der Waals surface area contributed by atoms with Crippen LogP contribution >= 0.6 is 15.9 Å². The Balaban J connectivity index is 2.80. The lowest BCUT2D eigenvalue weighted by atomic mass is 10.1. The van der Waals surface area contributed by atoms with Crippen molar-refractivity contribution < 1.29 is 0 Å². The molecule has 2 nitrogen and oxygen atoms in total. The molecule has 0 fully saturated rings. The first-order valence-electron chi connectivity index (χ1n) is 6.32. The number of anilines is 1. The van der Waals surface area contributed by atoms with Crippen molar-refractivity contribution in [3.8, 4) is 0 Å².